The molecule has 1 aliphatic heterocycles. The summed E-state index contributed by atoms with van der Waals surface area (Å²) in [6.07, 6.45) is 3.64. The number of aryl methyl sites for hydroxylation is 1. The molecule has 2 aromatic carbocycles. The summed E-state index contributed by atoms with van der Waals surface area (Å²) in [5.74, 6) is -0.517. The van der Waals surface area contributed by atoms with Gasteiger partial charge in [0, 0.05) is 19.5 Å². The Hall–Kier alpha value is -2.99. The first-order valence-corrected chi connectivity index (χ1v) is 10.5. The summed E-state index contributed by atoms with van der Waals surface area (Å²) in [4.78, 5) is 30.6. The highest BCUT2D eigenvalue weighted by Gasteiger charge is 2.19. The Morgan fingerprint density at radius 3 is 2.62 bits per heavy atom. The number of carbonyl (C=O) groups excluding carboxylic acids is 2. The fourth-order valence-electron chi connectivity index (χ4n) is 3.35. The summed E-state index contributed by atoms with van der Waals surface area (Å²) in [7, 11) is 0. The zero-order valence-corrected chi connectivity index (χ0v) is 16.9. The van der Waals surface area contributed by atoms with E-state index >= 15 is 0 Å². The van der Waals surface area contributed by atoms with Crippen molar-refractivity contribution in [2.75, 3.05) is 19.7 Å². The molecule has 0 spiro atoms. The lowest BCUT2D eigenvalue weighted by atomic mass is 10.00. The molecule has 0 bridgehead atoms. The number of amides is 1. The molecule has 2 heterocycles. The average molecular weight is 407 g/mol. The Labute approximate surface area is 173 Å². The zero-order chi connectivity index (χ0) is 20.1. The molecule has 0 aliphatic carbocycles. The van der Waals surface area contributed by atoms with Gasteiger partial charge in [-0.2, -0.15) is 0 Å². The normalized spacial score (nSPS) is 13.9. The molecule has 4 rings (SSSR count). The number of carbonyl (C=O) groups is 2. The summed E-state index contributed by atoms with van der Waals surface area (Å²) in [6, 6.07) is 18.1. The van der Waals surface area contributed by atoms with Gasteiger partial charge in [0.25, 0.3) is 5.91 Å². The van der Waals surface area contributed by atoms with E-state index in [0.717, 1.165) is 21.6 Å². The van der Waals surface area contributed by atoms with E-state index in [1.54, 1.807) is 16.2 Å². The molecule has 0 atom stereocenters. The SMILES string of the molecule is O=C(CCc1nc2ccccc2s1)OCC(=O)N1CC=C(c2ccccc2)CC1. The van der Waals surface area contributed by atoms with E-state index in [9.17, 15) is 9.59 Å². The largest absolute Gasteiger partial charge is 0.456 e. The molecule has 1 amide bonds. The van der Waals surface area contributed by atoms with Crippen molar-refractivity contribution in [3.05, 3.63) is 71.2 Å². The second-order valence-corrected chi connectivity index (χ2v) is 8.04. The first-order chi connectivity index (χ1) is 14.2. The summed E-state index contributed by atoms with van der Waals surface area (Å²) in [5, 5.41) is 0.907. The minimum atomic E-state index is -0.366. The molecule has 6 heteroatoms. The number of rotatable bonds is 6. The van der Waals surface area contributed by atoms with E-state index in [1.807, 2.05) is 42.5 Å². The number of hydrogen-bond acceptors (Lipinski definition) is 5. The second kappa shape index (κ2) is 9.01. The predicted molar refractivity (Wildman–Crippen MR) is 115 cm³/mol. The van der Waals surface area contributed by atoms with Crippen molar-refractivity contribution >= 4 is 39.0 Å². The van der Waals surface area contributed by atoms with Crippen LogP contribution < -0.4 is 0 Å². The lowest BCUT2D eigenvalue weighted by Crippen LogP contribution is -2.37. The fraction of sp³-hybridized carbons (Fsp3) is 0.261. The number of aromatic nitrogens is 1. The minimum absolute atomic E-state index is 0.151. The molecule has 5 nitrogen and oxygen atoms in total. The molecule has 0 unspecified atom stereocenters. The van der Waals surface area contributed by atoms with Gasteiger partial charge in [-0.05, 0) is 29.7 Å². The van der Waals surface area contributed by atoms with Gasteiger partial charge in [0.15, 0.2) is 6.61 Å². The lowest BCUT2D eigenvalue weighted by molar-refractivity contribution is -0.151. The fourth-order valence-corrected chi connectivity index (χ4v) is 4.32. The van der Waals surface area contributed by atoms with Crippen LogP contribution in [0.4, 0.5) is 0 Å². The molecular weight excluding hydrogens is 384 g/mol. The van der Waals surface area contributed by atoms with Crippen molar-refractivity contribution < 1.29 is 14.3 Å². The van der Waals surface area contributed by atoms with Gasteiger partial charge >= 0.3 is 5.97 Å². The third kappa shape index (κ3) is 4.90. The summed E-state index contributed by atoms with van der Waals surface area (Å²) in [6.45, 7) is 0.988. The number of benzene rings is 2. The Balaban J connectivity index is 1.22. The molecule has 1 aliphatic rings. The maximum absolute atomic E-state index is 12.3. The monoisotopic (exact) mass is 406 g/mol. The number of para-hydroxylation sites is 1. The molecule has 148 valence electrons. The predicted octanol–water partition coefficient (Wildman–Crippen LogP) is 4.09. The maximum atomic E-state index is 12.3. The van der Waals surface area contributed by atoms with E-state index < -0.39 is 0 Å². The van der Waals surface area contributed by atoms with Crippen LogP contribution in [0.2, 0.25) is 0 Å². The van der Waals surface area contributed by atoms with Crippen LogP contribution in [0.5, 0.6) is 0 Å². The van der Waals surface area contributed by atoms with Gasteiger partial charge < -0.3 is 9.64 Å². The number of thiazole rings is 1. The molecular formula is C23H22N2O3S. The van der Waals surface area contributed by atoms with Crippen LogP contribution in [0.3, 0.4) is 0 Å². The highest BCUT2D eigenvalue weighted by Crippen LogP contribution is 2.23. The van der Waals surface area contributed by atoms with Gasteiger partial charge in [0.1, 0.15) is 0 Å². The quantitative estimate of drug-likeness (QED) is 0.579. The Bertz CT molecular complexity index is 1010. The van der Waals surface area contributed by atoms with Crippen molar-refractivity contribution in [1.29, 1.82) is 0 Å². The van der Waals surface area contributed by atoms with Crippen LogP contribution >= 0.6 is 11.3 Å². The smallest absolute Gasteiger partial charge is 0.306 e. The van der Waals surface area contributed by atoms with Crippen molar-refractivity contribution in [1.82, 2.24) is 9.88 Å². The third-order valence-electron chi connectivity index (χ3n) is 4.94. The molecule has 1 aromatic heterocycles. The second-order valence-electron chi connectivity index (χ2n) is 6.92. The molecule has 0 radical (unpaired) electrons. The van der Waals surface area contributed by atoms with Gasteiger partial charge in [-0.1, -0.05) is 48.5 Å². The van der Waals surface area contributed by atoms with Crippen LogP contribution in [-0.2, 0) is 20.7 Å². The molecule has 0 fully saturated rings. The molecule has 3 aromatic rings. The first kappa shape index (κ1) is 19.3. The highest BCUT2D eigenvalue weighted by atomic mass is 32.1. The first-order valence-electron chi connectivity index (χ1n) is 9.71. The van der Waals surface area contributed by atoms with Gasteiger partial charge in [0.2, 0.25) is 0 Å². The van der Waals surface area contributed by atoms with Gasteiger partial charge in [-0.3, -0.25) is 9.59 Å². The Morgan fingerprint density at radius 1 is 1.07 bits per heavy atom. The maximum Gasteiger partial charge on any atom is 0.306 e. The molecule has 0 saturated heterocycles. The van der Waals surface area contributed by atoms with Crippen molar-refractivity contribution in [3.63, 3.8) is 0 Å². The Kier molecular flexibility index (Phi) is 6.00. The third-order valence-corrected chi connectivity index (χ3v) is 6.04. The zero-order valence-electron chi connectivity index (χ0n) is 16.0. The van der Waals surface area contributed by atoms with Crippen molar-refractivity contribution in [2.45, 2.75) is 19.3 Å². The Morgan fingerprint density at radius 2 is 1.86 bits per heavy atom. The van der Waals surface area contributed by atoms with Crippen LogP contribution in [0.1, 0.15) is 23.4 Å². The summed E-state index contributed by atoms with van der Waals surface area (Å²) in [5.41, 5.74) is 3.40. The van der Waals surface area contributed by atoms with Crippen LogP contribution in [0.15, 0.2) is 60.7 Å². The van der Waals surface area contributed by atoms with Crippen LogP contribution in [0.25, 0.3) is 15.8 Å². The van der Waals surface area contributed by atoms with Crippen LogP contribution in [0, 0.1) is 0 Å². The van der Waals surface area contributed by atoms with E-state index in [2.05, 4.69) is 23.2 Å². The van der Waals surface area contributed by atoms with E-state index in [1.165, 1.54) is 11.1 Å². The number of nitrogens with zero attached hydrogens (tertiary/aromatic N) is 2. The minimum Gasteiger partial charge on any atom is -0.456 e. The topological polar surface area (TPSA) is 59.5 Å². The van der Waals surface area contributed by atoms with Crippen molar-refractivity contribution in [2.24, 2.45) is 0 Å². The van der Waals surface area contributed by atoms with E-state index in [-0.39, 0.29) is 24.9 Å². The summed E-state index contributed by atoms with van der Waals surface area (Å²) >= 11 is 1.58. The number of hydrogen-bond donors (Lipinski definition) is 0. The molecule has 0 N–H and O–H groups in total. The average Bonchev–Trinajstić information content (AvgIpc) is 3.20. The summed E-state index contributed by atoms with van der Waals surface area (Å²) < 4.78 is 6.30. The highest BCUT2D eigenvalue weighted by molar-refractivity contribution is 7.18. The molecule has 0 saturated carbocycles. The van der Waals surface area contributed by atoms with Gasteiger partial charge in [-0.15, -0.1) is 11.3 Å². The standard InChI is InChI=1S/C23H22N2O3S/c26-22(25-14-12-18(13-15-25)17-6-2-1-3-7-17)16-28-23(27)11-10-21-24-19-8-4-5-9-20(19)29-21/h1-9,12H,10-11,13-16H2. The van der Waals surface area contributed by atoms with E-state index in [0.29, 0.717) is 19.5 Å². The van der Waals surface area contributed by atoms with E-state index in [4.69, 9.17) is 4.74 Å². The number of esters is 1. The van der Waals surface area contributed by atoms with Gasteiger partial charge in [-0.25, -0.2) is 4.98 Å². The number of ether oxygens (including phenoxy) is 1. The van der Waals surface area contributed by atoms with Gasteiger partial charge in [0.05, 0.1) is 21.6 Å². The van der Waals surface area contributed by atoms with Crippen molar-refractivity contribution in [3.8, 4) is 0 Å². The molecule has 29 heavy (non-hydrogen) atoms. The lowest BCUT2D eigenvalue weighted by Gasteiger charge is -2.26. The van der Waals surface area contributed by atoms with Crippen LogP contribution in [-0.4, -0.2) is 41.5 Å². The number of fused-ring (bicyclic) bond motifs is 1.